The van der Waals surface area contributed by atoms with Crippen LogP contribution < -0.4 is 10.3 Å². The molecule has 0 radical (unpaired) electrons. The van der Waals surface area contributed by atoms with Gasteiger partial charge in [0.25, 0.3) is 5.56 Å². The predicted molar refractivity (Wildman–Crippen MR) is 231 cm³/mol. The van der Waals surface area contributed by atoms with Gasteiger partial charge >= 0.3 is 30.6 Å². The van der Waals surface area contributed by atoms with Crippen molar-refractivity contribution in [1.82, 2.24) is 34.9 Å². The smallest absolute Gasteiger partial charge is 0.386 e. The van der Waals surface area contributed by atoms with Gasteiger partial charge in [-0.3, -0.25) is 9.32 Å². The van der Waals surface area contributed by atoms with E-state index in [0.717, 1.165) is 0 Å². The lowest BCUT2D eigenvalue weighted by molar-refractivity contribution is -0.0101. The van der Waals surface area contributed by atoms with E-state index in [1.54, 1.807) is 12.3 Å². The number of rotatable bonds is 14. The molecule has 3 fully saturated rings. The summed E-state index contributed by atoms with van der Waals surface area (Å²) < 4.78 is 68.7. The zero-order valence-electron chi connectivity index (χ0n) is 35.0. The van der Waals surface area contributed by atoms with Gasteiger partial charge in [-0.1, -0.05) is 72.9 Å². The van der Waals surface area contributed by atoms with Crippen molar-refractivity contribution in [1.29, 1.82) is 5.26 Å². The number of hydrogen-bond donors (Lipinski definition) is 3. The molecule has 3 aromatic rings. The lowest BCUT2D eigenvalue weighted by Gasteiger charge is -2.48. The van der Waals surface area contributed by atoms with E-state index in [0.29, 0.717) is 18.7 Å². The van der Waals surface area contributed by atoms with E-state index in [9.17, 15) is 19.4 Å². The van der Waals surface area contributed by atoms with Crippen LogP contribution in [0, 0.1) is 23.2 Å². The van der Waals surface area contributed by atoms with Crippen LogP contribution in [-0.2, 0) is 47.5 Å². The molecular weight excluding hydrogens is 891 g/mol. The van der Waals surface area contributed by atoms with Crippen LogP contribution in [0.5, 0.6) is 5.88 Å². The first-order chi connectivity index (χ1) is 28.3. The van der Waals surface area contributed by atoms with E-state index in [-0.39, 0.29) is 66.0 Å². The number of nitriles is 1. The van der Waals surface area contributed by atoms with Gasteiger partial charge in [0.1, 0.15) is 18.5 Å². The van der Waals surface area contributed by atoms with Crippen molar-refractivity contribution in [2.75, 3.05) is 19.8 Å². The summed E-state index contributed by atoms with van der Waals surface area (Å²) in [6.45, 7) is 7.68. The fraction of sp³-hybridized carbons (Fsp3) is 0.743. The van der Waals surface area contributed by atoms with E-state index >= 15 is 0 Å². The summed E-state index contributed by atoms with van der Waals surface area (Å²) in [6.07, 6.45) is 2.04. The highest BCUT2D eigenvalue weighted by Crippen LogP contribution is 2.61. The van der Waals surface area contributed by atoms with Crippen molar-refractivity contribution in [3.05, 3.63) is 35.3 Å². The zero-order valence-corrected chi connectivity index (χ0v) is 40.5. The molecule has 2 bridgehead atoms. The molecule has 1 aliphatic heterocycles. The number of nitrogens with one attached hydrogen (secondary N) is 1. The van der Waals surface area contributed by atoms with E-state index in [2.05, 4.69) is 48.6 Å². The average molecular weight is 947 g/mol. The van der Waals surface area contributed by atoms with Crippen molar-refractivity contribution >= 4 is 65.9 Å². The highest BCUT2D eigenvalue weighted by molar-refractivity contribution is 8.44. The molecule has 2 aliphatic carbocycles. The Balaban J connectivity index is 1.47. The van der Waals surface area contributed by atoms with Crippen LogP contribution in [0.3, 0.4) is 0 Å². The second kappa shape index (κ2) is 19.4. The molecule has 0 amide bonds. The average Bonchev–Trinajstić information content (AvgIpc) is 3.88. The van der Waals surface area contributed by atoms with Crippen molar-refractivity contribution in [3.8, 4) is 11.9 Å². The lowest BCUT2D eigenvalue weighted by Crippen LogP contribution is -2.62. The SMILES string of the molecule is CC(C)[Si](O)(O[Si](O[C@@H]1C2CO[P@@](=O)(S)O[C@H]3C[C@H](Oc4ccncn4)C[C@@H]3CO[P@@](=S)(OCCC#N)O[C@H]1[C@H](n1nnc3c(=O)[nH]cnc31)C2)(C(C)C)C(C)C)C(C)C. The van der Waals surface area contributed by atoms with Crippen LogP contribution in [0.2, 0.25) is 22.2 Å². The monoisotopic (exact) mass is 946 g/mol. The van der Waals surface area contributed by atoms with E-state index in [4.69, 9.17) is 47.7 Å². The Morgan fingerprint density at radius 2 is 1.77 bits per heavy atom. The van der Waals surface area contributed by atoms with Gasteiger partial charge in [-0.15, -0.1) is 5.10 Å². The van der Waals surface area contributed by atoms with Crippen molar-refractivity contribution in [2.45, 2.75) is 134 Å². The van der Waals surface area contributed by atoms with Gasteiger partial charge in [-0.2, -0.15) is 5.26 Å². The second-order valence-corrected chi connectivity index (χ2v) is 31.2. The molecule has 1 unspecified atom stereocenters. The van der Waals surface area contributed by atoms with Gasteiger partial charge in [-0.05, 0) is 46.8 Å². The summed E-state index contributed by atoms with van der Waals surface area (Å²) in [6, 6.07) is 2.94. The maximum atomic E-state index is 14.3. The van der Waals surface area contributed by atoms with E-state index < -0.39 is 78.5 Å². The molecule has 6 rings (SSSR count). The Morgan fingerprint density at radius 3 is 2.42 bits per heavy atom. The first kappa shape index (κ1) is 47.5. The number of H-pyrrole nitrogens is 1. The standard InChI is InChI=1S/C35H56N8O11P2S2Si2/c1-21(2)59(46,22(3)4)54-60(23(5)6,24(7)8)53-32-26-15-28(43-34-31(41-42-43)35(44)40-20-39-34)33(32)52-56(58,47-13-9-11-36)49-17-25-14-27(50-30-10-12-37-19-38-30)16-29(25)51-55(45,57)48-18-26/h10,12,19-29,32-33,46H,9,13-18H2,1-8H3,(H,45,57)(H,39,40,44)/t25-,26?,27-,28-,29+,32-,33+,55-,56+/m1/s1. The van der Waals surface area contributed by atoms with Gasteiger partial charge < -0.3 is 41.2 Å². The van der Waals surface area contributed by atoms with Crippen LogP contribution in [0.4, 0.5) is 0 Å². The molecule has 0 aromatic carbocycles. The van der Waals surface area contributed by atoms with Gasteiger partial charge in [0.15, 0.2) is 11.2 Å². The van der Waals surface area contributed by atoms with E-state index in [1.165, 1.54) is 17.3 Å². The van der Waals surface area contributed by atoms with Gasteiger partial charge in [-0.25, -0.2) is 24.2 Å². The molecule has 60 heavy (non-hydrogen) atoms. The van der Waals surface area contributed by atoms with Crippen molar-refractivity contribution in [3.63, 3.8) is 0 Å². The Kier molecular flexibility index (Phi) is 15.3. The fourth-order valence-corrected chi connectivity index (χ4v) is 22.0. The quantitative estimate of drug-likeness (QED) is 0.0663. The largest absolute Gasteiger partial charge is 0.474 e. The third-order valence-corrected chi connectivity index (χ3v) is 25.3. The Bertz CT molecular complexity index is 2120. The minimum atomic E-state index is -4.09. The molecule has 2 saturated carbocycles. The van der Waals surface area contributed by atoms with Crippen LogP contribution in [0.25, 0.3) is 11.2 Å². The summed E-state index contributed by atoms with van der Waals surface area (Å²) in [5.41, 5.74) is -1.03. The molecule has 0 spiro atoms. The lowest BCUT2D eigenvalue weighted by atomic mass is 10.1. The zero-order chi connectivity index (χ0) is 43.6. The molecule has 3 aromatic heterocycles. The number of aromatic nitrogens is 7. The van der Waals surface area contributed by atoms with Gasteiger partial charge in [0, 0.05) is 30.5 Å². The van der Waals surface area contributed by atoms with Crippen molar-refractivity contribution < 1.29 is 45.3 Å². The molecule has 1 saturated heterocycles. The summed E-state index contributed by atoms with van der Waals surface area (Å²) in [7, 11) is -6.98. The minimum absolute atomic E-state index is 0.00103. The maximum Gasteiger partial charge on any atom is 0.386 e. The number of hydrogen-bond acceptors (Lipinski definition) is 18. The maximum absolute atomic E-state index is 14.3. The summed E-state index contributed by atoms with van der Waals surface area (Å²) in [5.74, 6) is -0.696. The summed E-state index contributed by atoms with van der Waals surface area (Å²) in [4.78, 5) is 40.3. The van der Waals surface area contributed by atoms with E-state index in [1.807, 2.05) is 55.4 Å². The molecule has 25 heteroatoms. The Hall–Kier alpha value is -2.01. The highest BCUT2D eigenvalue weighted by Gasteiger charge is 2.60. The van der Waals surface area contributed by atoms with Crippen molar-refractivity contribution in [2.24, 2.45) is 11.8 Å². The first-order valence-electron chi connectivity index (χ1n) is 20.2. The number of aromatic amines is 1. The van der Waals surface area contributed by atoms with Gasteiger partial charge in [0.2, 0.25) is 5.88 Å². The number of nitrogens with zero attached hydrogens (tertiary/aromatic N) is 7. The molecular formula is C35H56N8O11P2S2Si2. The Morgan fingerprint density at radius 1 is 1.05 bits per heavy atom. The fourth-order valence-electron chi connectivity index (χ4n) is 8.32. The predicted octanol–water partition coefficient (Wildman–Crippen LogP) is 6.65. The molecule has 2 N–H and O–H groups in total. The third kappa shape index (κ3) is 10.3. The topological polar surface area (TPSA) is 237 Å². The summed E-state index contributed by atoms with van der Waals surface area (Å²) in [5, 5.41) is 18.1. The highest BCUT2D eigenvalue weighted by atomic mass is 32.7. The number of ether oxygens (including phenoxy) is 1. The second-order valence-electron chi connectivity index (χ2n) is 16.8. The molecule has 332 valence electrons. The number of thiol groups is 1. The van der Waals surface area contributed by atoms with Crippen LogP contribution in [0.15, 0.2) is 29.7 Å². The van der Waals surface area contributed by atoms with Crippen LogP contribution in [-0.4, -0.2) is 101 Å². The van der Waals surface area contributed by atoms with Crippen LogP contribution in [0.1, 0.15) is 87.1 Å². The Labute approximate surface area is 362 Å². The first-order valence-corrected chi connectivity index (χ1v) is 29.5. The molecule has 4 heterocycles. The summed E-state index contributed by atoms with van der Waals surface area (Å²) >= 11 is 10.7. The third-order valence-electron chi connectivity index (χ3n) is 11.5. The minimum Gasteiger partial charge on any atom is -0.474 e. The molecule has 19 nitrogen and oxygen atoms in total. The molecule has 3 aliphatic rings. The molecule has 9 atom stereocenters. The van der Waals surface area contributed by atoms with Gasteiger partial charge in [0.05, 0.1) is 56.9 Å². The number of fused-ring (bicyclic) bond motifs is 4. The van der Waals surface area contributed by atoms with Crippen LogP contribution >= 0.6 is 25.8 Å². The normalized spacial score (nSPS) is 30.6.